The first kappa shape index (κ1) is 26.7. The highest BCUT2D eigenvalue weighted by atomic mass is 16.6. The van der Waals surface area contributed by atoms with Gasteiger partial charge in [0.2, 0.25) is 0 Å². The van der Waals surface area contributed by atoms with Crippen LogP contribution in [0.3, 0.4) is 0 Å². The van der Waals surface area contributed by atoms with Crippen LogP contribution in [0.4, 0.5) is 9.59 Å². The summed E-state index contributed by atoms with van der Waals surface area (Å²) in [6.45, 7) is 5.37. The van der Waals surface area contributed by atoms with Crippen molar-refractivity contribution < 1.29 is 29.0 Å². The van der Waals surface area contributed by atoms with E-state index in [0.717, 1.165) is 22.3 Å². The average Bonchev–Trinajstić information content (AvgIpc) is 3.19. The van der Waals surface area contributed by atoms with Crippen LogP contribution in [0.15, 0.2) is 72.8 Å². The molecule has 38 heavy (non-hydrogen) atoms. The molecule has 1 aliphatic carbocycles. The molecule has 0 heterocycles. The van der Waals surface area contributed by atoms with Gasteiger partial charge in [-0.2, -0.15) is 0 Å². The first-order valence-electron chi connectivity index (χ1n) is 12.5. The summed E-state index contributed by atoms with van der Waals surface area (Å²) in [6, 6.07) is 21.9. The van der Waals surface area contributed by atoms with Gasteiger partial charge in [-0.05, 0) is 60.6 Å². The van der Waals surface area contributed by atoms with E-state index >= 15 is 0 Å². The van der Waals surface area contributed by atoms with Crippen LogP contribution in [0.2, 0.25) is 0 Å². The van der Waals surface area contributed by atoms with Gasteiger partial charge in [0.1, 0.15) is 12.2 Å². The predicted octanol–water partition coefficient (Wildman–Crippen LogP) is 3.91. The highest BCUT2D eigenvalue weighted by molar-refractivity contribution is 5.80. The lowest BCUT2D eigenvalue weighted by Gasteiger charge is -2.25. The Hall–Kier alpha value is -4.33. The maximum absolute atomic E-state index is 12.6. The molecule has 0 aliphatic heterocycles. The molecule has 3 aromatic rings. The first-order valence-corrected chi connectivity index (χ1v) is 12.5. The van der Waals surface area contributed by atoms with Crippen LogP contribution < -0.4 is 15.7 Å². The molecule has 0 radical (unpaired) electrons. The number of hydrogen-bond acceptors (Lipinski definition) is 6. The highest BCUT2D eigenvalue weighted by Gasteiger charge is 2.29. The van der Waals surface area contributed by atoms with E-state index in [4.69, 9.17) is 9.47 Å². The zero-order valence-corrected chi connectivity index (χ0v) is 21.7. The summed E-state index contributed by atoms with van der Waals surface area (Å²) in [5, 5.41) is 16.8. The molecule has 3 aromatic carbocycles. The van der Waals surface area contributed by atoms with E-state index < -0.39 is 29.8 Å². The van der Waals surface area contributed by atoms with Crippen LogP contribution in [0.1, 0.15) is 48.9 Å². The Morgan fingerprint density at radius 2 is 1.39 bits per heavy atom. The van der Waals surface area contributed by atoms with Crippen molar-refractivity contribution in [2.45, 2.75) is 51.3 Å². The molecule has 1 aliphatic rings. The summed E-state index contributed by atoms with van der Waals surface area (Å²) < 4.78 is 10.8. The Labute approximate surface area is 222 Å². The second-order valence-corrected chi connectivity index (χ2v) is 10.2. The average molecular weight is 516 g/mol. The van der Waals surface area contributed by atoms with Gasteiger partial charge in [0.05, 0.1) is 12.0 Å². The van der Waals surface area contributed by atoms with E-state index in [1.165, 1.54) is 0 Å². The standard InChI is InChI=1S/C30H32N2O6/c1-30(2,3)38-29(36)32-26(27(33)34)16-19-10-4-5-11-20(19)17-31-28(35)37-18-25-23-14-8-6-12-21(23)22-13-7-9-15-24(22)25/h4-15,25-26H,16-18H2,1-3H3,(H,31,35)(H,32,36)(H,33,34)/p-1/t26-/m0/s1. The number of alkyl carbamates (subject to hydrolysis) is 2. The maximum Gasteiger partial charge on any atom is 0.408 e. The van der Waals surface area contributed by atoms with Crippen LogP contribution in [-0.4, -0.2) is 36.4 Å². The molecule has 2 N–H and O–H groups in total. The topological polar surface area (TPSA) is 117 Å². The lowest BCUT2D eigenvalue weighted by molar-refractivity contribution is -0.308. The number of hydrogen-bond donors (Lipinski definition) is 2. The molecule has 0 fully saturated rings. The van der Waals surface area contributed by atoms with Crippen molar-refractivity contribution >= 4 is 18.2 Å². The SMILES string of the molecule is CC(C)(C)OC(=O)N[C@@H](Cc1ccccc1CNC(=O)OCC1c2ccccc2-c2ccccc21)C(=O)[O-]. The summed E-state index contributed by atoms with van der Waals surface area (Å²) in [5.74, 6) is -1.49. The van der Waals surface area contributed by atoms with E-state index in [1.807, 2.05) is 24.3 Å². The smallest absolute Gasteiger partial charge is 0.408 e. The number of rotatable bonds is 8. The Morgan fingerprint density at radius 3 is 1.97 bits per heavy atom. The molecule has 0 saturated heterocycles. The van der Waals surface area contributed by atoms with Crippen molar-refractivity contribution in [1.29, 1.82) is 0 Å². The minimum absolute atomic E-state index is 0.0376. The predicted molar refractivity (Wildman–Crippen MR) is 140 cm³/mol. The van der Waals surface area contributed by atoms with Crippen LogP contribution in [0.25, 0.3) is 11.1 Å². The molecule has 0 bridgehead atoms. The summed E-state index contributed by atoms with van der Waals surface area (Å²) in [6.07, 6.45) is -1.46. The monoisotopic (exact) mass is 515 g/mol. The Morgan fingerprint density at radius 1 is 0.842 bits per heavy atom. The van der Waals surface area contributed by atoms with Gasteiger partial charge >= 0.3 is 12.2 Å². The van der Waals surface area contributed by atoms with Gasteiger partial charge in [0.25, 0.3) is 0 Å². The third kappa shape index (κ3) is 6.51. The number of ether oxygens (including phenoxy) is 2. The van der Waals surface area contributed by atoms with Crippen LogP contribution in [0.5, 0.6) is 0 Å². The van der Waals surface area contributed by atoms with E-state index in [9.17, 15) is 19.5 Å². The molecule has 2 amide bonds. The Kier molecular flexibility index (Phi) is 8.00. The Balaban J connectivity index is 1.36. The van der Waals surface area contributed by atoms with Gasteiger partial charge in [0, 0.05) is 12.5 Å². The number of aliphatic carboxylic acids is 1. The van der Waals surface area contributed by atoms with Crippen LogP contribution in [0, 0.1) is 0 Å². The Bertz CT molecular complexity index is 1280. The number of carbonyl (C=O) groups excluding carboxylic acids is 3. The zero-order valence-electron chi connectivity index (χ0n) is 21.7. The second-order valence-electron chi connectivity index (χ2n) is 10.2. The molecule has 8 heteroatoms. The minimum atomic E-state index is -1.44. The summed E-state index contributed by atoms with van der Waals surface area (Å²) >= 11 is 0. The van der Waals surface area contributed by atoms with Gasteiger partial charge in [-0.15, -0.1) is 0 Å². The number of fused-ring (bicyclic) bond motifs is 3. The number of benzene rings is 3. The number of carboxylic acids is 1. The fourth-order valence-corrected chi connectivity index (χ4v) is 4.61. The molecule has 0 saturated carbocycles. The summed E-state index contributed by atoms with van der Waals surface area (Å²) in [7, 11) is 0. The fraction of sp³-hybridized carbons (Fsp3) is 0.300. The fourth-order valence-electron chi connectivity index (χ4n) is 4.61. The number of carboxylic acid groups (broad SMARTS) is 1. The normalized spacial score (nSPS) is 13.1. The number of carbonyl (C=O) groups is 3. The van der Waals surface area contributed by atoms with Gasteiger partial charge in [-0.25, -0.2) is 9.59 Å². The van der Waals surface area contributed by atoms with Crippen molar-refractivity contribution in [3.05, 3.63) is 95.1 Å². The molecule has 4 rings (SSSR count). The number of amides is 2. The van der Waals surface area contributed by atoms with Crippen LogP contribution >= 0.6 is 0 Å². The highest BCUT2D eigenvalue weighted by Crippen LogP contribution is 2.44. The molecule has 8 nitrogen and oxygen atoms in total. The van der Waals surface area contributed by atoms with E-state index in [-0.39, 0.29) is 25.5 Å². The molecule has 0 aromatic heterocycles. The van der Waals surface area contributed by atoms with Crippen LogP contribution in [-0.2, 0) is 27.2 Å². The van der Waals surface area contributed by atoms with Crippen molar-refractivity contribution in [1.82, 2.24) is 10.6 Å². The summed E-state index contributed by atoms with van der Waals surface area (Å²) in [4.78, 5) is 36.4. The van der Waals surface area contributed by atoms with Crippen molar-refractivity contribution in [2.75, 3.05) is 6.61 Å². The second kappa shape index (κ2) is 11.4. The van der Waals surface area contributed by atoms with Crippen molar-refractivity contribution in [3.63, 3.8) is 0 Å². The van der Waals surface area contributed by atoms with Gasteiger partial charge in [-0.3, -0.25) is 0 Å². The van der Waals surface area contributed by atoms with Crippen molar-refractivity contribution in [3.8, 4) is 11.1 Å². The largest absolute Gasteiger partial charge is 0.548 e. The minimum Gasteiger partial charge on any atom is -0.548 e. The molecule has 198 valence electrons. The quantitative estimate of drug-likeness (QED) is 0.470. The lowest BCUT2D eigenvalue weighted by atomic mass is 9.98. The molecule has 1 atom stereocenters. The molecule has 0 unspecified atom stereocenters. The molecule has 0 spiro atoms. The summed E-state index contributed by atoms with van der Waals surface area (Å²) in [5.41, 5.74) is 5.10. The van der Waals surface area contributed by atoms with Crippen molar-refractivity contribution in [2.24, 2.45) is 0 Å². The van der Waals surface area contributed by atoms with E-state index in [1.54, 1.807) is 45.0 Å². The van der Waals surface area contributed by atoms with E-state index in [0.29, 0.717) is 11.1 Å². The number of nitrogens with one attached hydrogen (secondary N) is 2. The third-order valence-corrected chi connectivity index (χ3v) is 6.28. The first-order chi connectivity index (χ1) is 18.1. The van der Waals surface area contributed by atoms with Gasteiger partial charge < -0.3 is 30.0 Å². The van der Waals surface area contributed by atoms with Gasteiger partial charge in [0.15, 0.2) is 0 Å². The maximum atomic E-state index is 12.6. The third-order valence-electron chi connectivity index (χ3n) is 6.28. The zero-order chi connectivity index (χ0) is 27.3. The van der Waals surface area contributed by atoms with E-state index in [2.05, 4.69) is 34.9 Å². The molecular weight excluding hydrogens is 484 g/mol. The van der Waals surface area contributed by atoms with Gasteiger partial charge in [-0.1, -0.05) is 72.8 Å². The lowest BCUT2D eigenvalue weighted by Crippen LogP contribution is -2.50. The molecular formula is C30H31N2O6-.